The van der Waals surface area contributed by atoms with E-state index < -0.39 is 9.84 Å². The molecule has 0 bridgehead atoms. The lowest BCUT2D eigenvalue weighted by molar-refractivity contribution is 0.131. The summed E-state index contributed by atoms with van der Waals surface area (Å²) in [7, 11) is -3.20. The van der Waals surface area contributed by atoms with E-state index in [2.05, 4.69) is 0 Å². The van der Waals surface area contributed by atoms with Gasteiger partial charge in [0.25, 0.3) is 0 Å². The van der Waals surface area contributed by atoms with Crippen molar-refractivity contribution >= 4 is 9.84 Å². The van der Waals surface area contributed by atoms with E-state index in [1.807, 2.05) is 6.07 Å². The maximum absolute atomic E-state index is 12.2. The highest BCUT2D eigenvalue weighted by Crippen LogP contribution is 2.28. The first kappa shape index (κ1) is 11.6. The van der Waals surface area contributed by atoms with Gasteiger partial charge in [0.05, 0.1) is 16.2 Å². The third kappa shape index (κ3) is 2.28. The zero-order chi connectivity index (χ0) is 11.6. The third-order valence-corrected chi connectivity index (χ3v) is 5.43. The minimum atomic E-state index is -3.20. The first-order valence-electron chi connectivity index (χ1n) is 5.58. The highest BCUT2D eigenvalue weighted by atomic mass is 32.2. The Hall–Kier alpha value is -0.870. The molecule has 88 valence electrons. The SMILES string of the molecule is O=S(=O)(c1ccccc1)C1CCC(O)CC1. The molecule has 1 N–H and O–H groups in total. The van der Waals surface area contributed by atoms with Crippen LogP contribution in [0.4, 0.5) is 0 Å². The summed E-state index contributed by atoms with van der Waals surface area (Å²) in [6.45, 7) is 0. The lowest BCUT2D eigenvalue weighted by atomic mass is 9.97. The van der Waals surface area contributed by atoms with Crippen LogP contribution in [0.2, 0.25) is 0 Å². The van der Waals surface area contributed by atoms with Gasteiger partial charge in [0.1, 0.15) is 0 Å². The van der Waals surface area contributed by atoms with Gasteiger partial charge < -0.3 is 5.11 Å². The van der Waals surface area contributed by atoms with Gasteiger partial charge >= 0.3 is 0 Å². The minimum absolute atomic E-state index is 0.317. The molecule has 1 saturated carbocycles. The molecule has 0 unspecified atom stereocenters. The first-order chi connectivity index (χ1) is 7.60. The Morgan fingerprint density at radius 3 is 2.12 bits per heavy atom. The lowest BCUT2D eigenvalue weighted by Gasteiger charge is -2.25. The summed E-state index contributed by atoms with van der Waals surface area (Å²) in [5, 5.41) is 9.05. The van der Waals surface area contributed by atoms with Crippen LogP contribution in [-0.2, 0) is 9.84 Å². The quantitative estimate of drug-likeness (QED) is 0.857. The molecule has 1 aliphatic carbocycles. The molecule has 1 fully saturated rings. The molecule has 1 aliphatic rings. The number of aliphatic hydroxyl groups excluding tert-OH is 1. The topological polar surface area (TPSA) is 54.4 Å². The first-order valence-corrected chi connectivity index (χ1v) is 7.12. The normalized spacial score (nSPS) is 26.6. The summed E-state index contributed by atoms with van der Waals surface area (Å²) in [6.07, 6.45) is 2.01. The predicted octanol–water partition coefficient (Wildman–Crippen LogP) is 1.76. The van der Waals surface area contributed by atoms with Gasteiger partial charge in [-0.1, -0.05) is 18.2 Å². The van der Waals surface area contributed by atoms with Gasteiger partial charge in [-0.3, -0.25) is 0 Å². The average Bonchev–Trinajstić information content (AvgIpc) is 2.31. The lowest BCUT2D eigenvalue weighted by Crippen LogP contribution is -2.29. The fourth-order valence-corrected chi connectivity index (χ4v) is 3.97. The molecule has 4 heteroatoms. The molecule has 3 nitrogen and oxygen atoms in total. The van der Waals surface area contributed by atoms with Crippen LogP contribution in [0, 0.1) is 0 Å². The molecule has 0 spiro atoms. The molecule has 2 rings (SSSR count). The second kappa shape index (κ2) is 4.55. The van der Waals surface area contributed by atoms with Gasteiger partial charge in [0.2, 0.25) is 0 Å². The van der Waals surface area contributed by atoms with Gasteiger partial charge in [-0.05, 0) is 37.8 Å². The standard InChI is InChI=1S/C12H16O3S/c13-10-6-8-12(9-7-10)16(14,15)11-4-2-1-3-5-11/h1-5,10,12-13H,6-9H2. The highest BCUT2D eigenvalue weighted by Gasteiger charge is 2.31. The van der Waals surface area contributed by atoms with Crippen LogP contribution in [0.1, 0.15) is 25.7 Å². The van der Waals surface area contributed by atoms with E-state index in [0.29, 0.717) is 30.6 Å². The molecule has 1 aromatic carbocycles. The van der Waals surface area contributed by atoms with E-state index in [4.69, 9.17) is 0 Å². The number of rotatable bonds is 2. The molecule has 16 heavy (non-hydrogen) atoms. The second-order valence-electron chi connectivity index (χ2n) is 4.29. The molecule has 0 atom stereocenters. The highest BCUT2D eigenvalue weighted by molar-refractivity contribution is 7.92. The Kier molecular flexibility index (Phi) is 3.30. The second-order valence-corrected chi connectivity index (χ2v) is 6.52. The molecular weight excluding hydrogens is 224 g/mol. The minimum Gasteiger partial charge on any atom is -0.393 e. The number of hydrogen-bond acceptors (Lipinski definition) is 3. The summed E-state index contributed by atoms with van der Waals surface area (Å²) >= 11 is 0. The van der Waals surface area contributed by atoms with Crippen molar-refractivity contribution in [3.8, 4) is 0 Å². The monoisotopic (exact) mass is 240 g/mol. The van der Waals surface area contributed by atoms with E-state index in [-0.39, 0.29) is 11.4 Å². The number of sulfone groups is 1. The van der Waals surface area contributed by atoms with Crippen molar-refractivity contribution < 1.29 is 13.5 Å². The van der Waals surface area contributed by atoms with Crippen LogP contribution in [0.3, 0.4) is 0 Å². The van der Waals surface area contributed by atoms with Gasteiger partial charge in [-0.25, -0.2) is 8.42 Å². The molecule has 0 saturated heterocycles. The largest absolute Gasteiger partial charge is 0.393 e. The summed E-state index contributed by atoms with van der Waals surface area (Å²) in [5.74, 6) is 0. The maximum atomic E-state index is 12.2. The molecule has 1 aromatic rings. The van der Waals surface area contributed by atoms with Gasteiger partial charge in [-0.15, -0.1) is 0 Å². The van der Waals surface area contributed by atoms with Crippen LogP contribution < -0.4 is 0 Å². The van der Waals surface area contributed by atoms with Crippen LogP contribution in [0.15, 0.2) is 35.2 Å². The van der Waals surface area contributed by atoms with Crippen LogP contribution >= 0.6 is 0 Å². The van der Waals surface area contributed by atoms with Crippen molar-refractivity contribution in [2.45, 2.75) is 41.9 Å². The zero-order valence-corrected chi connectivity index (χ0v) is 9.86. The molecule has 0 heterocycles. The summed E-state index contributed by atoms with van der Waals surface area (Å²) in [5.41, 5.74) is 0. The van der Waals surface area contributed by atoms with Crippen molar-refractivity contribution in [1.29, 1.82) is 0 Å². The number of aliphatic hydroxyl groups is 1. The zero-order valence-electron chi connectivity index (χ0n) is 9.04. The number of benzene rings is 1. The molecule has 0 aromatic heterocycles. The van der Waals surface area contributed by atoms with Crippen molar-refractivity contribution in [2.24, 2.45) is 0 Å². The smallest absolute Gasteiger partial charge is 0.181 e. The van der Waals surface area contributed by atoms with E-state index >= 15 is 0 Å². The molecule has 0 radical (unpaired) electrons. The third-order valence-electron chi connectivity index (χ3n) is 3.15. The Balaban J connectivity index is 2.20. The van der Waals surface area contributed by atoms with Crippen molar-refractivity contribution in [2.75, 3.05) is 0 Å². The molecular formula is C12H16O3S. The van der Waals surface area contributed by atoms with Gasteiger partial charge in [0.15, 0.2) is 9.84 Å². The van der Waals surface area contributed by atoms with Crippen LogP contribution in [0.25, 0.3) is 0 Å². The van der Waals surface area contributed by atoms with E-state index in [9.17, 15) is 13.5 Å². The molecule has 0 amide bonds. The average molecular weight is 240 g/mol. The molecule has 0 aliphatic heterocycles. The van der Waals surface area contributed by atoms with Crippen LogP contribution in [0.5, 0.6) is 0 Å². The predicted molar refractivity (Wildman–Crippen MR) is 61.9 cm³/mol. The van der Waals surface area contributed by atoms with E-state index in [1.165, 1.54) is 0 Å². The van der Waals surface area contributed by atoms with Gasteiger partial charge in [0, 0.05) is 0 Å². The van der Waals surface area contributed by atoms with E-state index in [0.717, 1.165) is 0 Å². The summed E-state index contributed by atoms with van der Waals surface area (Å²) in [6, 6.07) is 8.57. The summed E-state index contributed by atoms with van der Waals surface area (Å²) < 4.78 is 24.4. The van der Waals surface area contributed by atoms with Crippen molar-refractivity contribution in [3.63, 3.8) is 0 Å². The Labute approximate surface area is 96.0 Å². The van der Waals surface area contributed by atoms with Crippen LogP contribution in [-0.4, -0.2) is 24.9 Å². The Morgan fingerprint density at radius 2 is 1.56 bits per heavy atom. The van der Waals surface area contributed by atoms with E-state index in [1.54, 1.807) is 24.3 Å². The number of hydrogen-bond donors (Lipinski definition) is 1. The van der Waals surface area contributed by atoms with Gasteiger partial charge in [-0.2, -0.15) is 0 Å². The maximum Gasteiger partial charge on any atom is 0.181 e. The van der Waals surface area contributed by atoms with Crippen molar-refractivity contribution in [1.82, 2.24) is 0 Å². The Bertz CT molecular complexity index is 431. The fraction of sp³-hybridized carbons (Fsp3) is 0.500. The summed E-state index contributed by atoms with van der Waals surface area (Å²) in [4.78, 5) is 0.399. The fourth-order valence-electron chi connectivity index (χ4n) is 2.16. The Morgan fingerprint density at radius 1 is 1.00 bits per heavy atom. The van der Waals surface area contributed by atoms with Crippen molar-refractivity contribution in [3.05, 3.63) is 30.3 Å².